The van der Waals surface area contributed by atoms with Gasteiger partial charge in [-0.15, -0.1) is 6.58 Å². The largest absolute Gasteiger partial charge is 0.347 e. The van der Waals surface area contributed by atoms with Crippen LogP contribution in [-0.4, -0.2) is 18.5 Å². The first kappa shape index (κ1) is 12.5. The first-order valence-electron chi connectivity index (χ1n) is 5.76. The molecule has 0 aromatic heterocycles. The van der Waals surface area contributed by atoms with Crippen LogP contribution in [0.1, 0.15) is 39.5 Å². The number of hydrogen-bond donors (Lipinski definition) is 0. The van der Waals surface area contributed by atoms with Gasteiger partial charge in [-0.25, -0.2) is 0 Å². The van der Waals surface area contributed by atoms with Gasteiger partial charge in [0, 0.05) is 12.8 Å². The average molecular weight is 210 g/mol. The van der Waals surface area contributed by atoms with Gasteiger partial charge in [-0.3, -0.25) is 0 Å². The van der Waals surface area contributed by atoms with E-state index in [2.05, 4.69) is 19.6 Å². The molecule has 0 unspecified atom stereocenters. The highest BCUT2D eigenvalue weighted by Gasteiger charge is 2.35. The molecule has 0 aromatic rings. The molecule has 0 radical (unpaired) electrons. The third-order valence-electron chi connectivity index (χ3n) is 2.71. The van der Waals surface area contributed by atoms with Crippen LogP contribution in [-0.2, 0) is 9.47 Å². The highest BCUT2D eigenvalue weighted by molar-refractivity contribution is 4.89. The van der Waals surface area contributed by atoms with Crippen molar-refractivity contribution in [1.82, 2.24) is 0 Å². The third-order valence-corrected chi connectivity index (χ3v) is 2.71. The van der Waals surface area contributed by atoms with Crippen LogP contribution >= 0.6 is 0 Å². The van der Waals surface area contributed by atoms with Gasteiger partial charge in [-0.2, -0.15) is 0 Å². The zero-order valence-electron chi connectivity index (χ0n) is 9.87. The van der Waals surface area contributed by atoms with Crippen LogP contribution in [0.15, 0.2) is 24.8 Å². The van der Waals surface area contributed by atoms with E-state index in [9.17, 15) is 0 Å². The molecule has 0 amide bonds. The predicted octanol–water partition coefficient (Wildman–Crippen LogP) is 3.44. The first-order valence-corrected chi connectivity index (χ1v) is 5.76. The van der Waals surface area contributed by atoms with E-state index in [4.69, 9.17) is 9.47 Å². The minimum Gasteiger partial charge on any atom is -0.347 e. The summed E-state index contributed by atoms with van der Waals surface area (Å²) in [4.78, 5) is 0. The van der Waals surface area contributed by atoms with Gasteiger partial charge in [-0.05, 0) is 26.7 Å². The molecule has 2 atom stereocenters. The molecule has 0 N–H and O–H groups in total. The Morgan fingerprint density at radius 3 is 3.00 bits per heavy atom. The second-order valence-corrected chi connectivity index (χ2v) is 4.10. The normalized spacial score (nSPS) is 32.0. The summed E-state index contributed by atoms with van der Waals surface area (Å²) in [6, 6.07) is 0. The fourth-order valence-corrected chi connectivity index (χ4v) is 1.97. The first-order chi connectivity index (χ1) is 7.22. The Kier molecular flexibility index (Phi) is 5.06. The summed E-state index contributed by atoms with van der Waals surface area (Å²) >= 11 is 0. The second kappa shape index (κ2) is 6.09. The Morgan fingerprint density at radius 1 is 1.60 bits per heavy atom. The van der Waals surface area contributed by atoms with Gasteiger partial charge < -0.3 is 9.47 Å². The Labute approximate surface area is 93.0 Å². The van der Waals surface area contributed by atoms with Gasteiger partial charge in [0.1, 0.15) is 0 Å². The second-order valence-electron chi connectivity index (χ2n) is 4.10. The summed E-state index contributed by atoms with van der Waals surface area (Å²) < 4.78 is 11.8. The van der Waals surface area contributed by atoms with Gasteiger partial charge in [0.05, 0.1) is 12.7 Å². The van der Waals surface area contributed by atoms with Crippen LogP contribution in [0.25, 0.3) is 0 Å². The van der Waals surface area contributed by atoms with Crippen LogP contribution in [0, 0.1) is 0 Å². The SMILES string of the molecule is C=CCO[C@]1(C/C=C/C)CCC[C@@H](C)O1. The minimum atomic E-state index is -0.404. The van der Waals surface area contributed by atoms with Gasteiger partial charge in [0.25, 0.3) is 0 Å². The molecule has 0 aliphatic carbocycles. The van der Waals surface area contributed by atoms with E-state index < -0.39 is 5.79 Å². The Morgan fingerprint density at radius 2 is 2.40 bits per heavy atom. The minimum absolute atomic E-state index is 0.300. The summed E-state index contributed by atoms with van der Waals surface area (Å²) in [5, 5.41) is 0. The van der Waals surface area contributed by atoms with Crippen molar-refractivity contribution < 1.29 is 9.47 Å². The summed E-state index contributed by atoms with van der Waals surface area (Å²) in [5.74, 6) is -0.404. The zero-order valence-corrected chi connectivity index (χ0v) is 9.87. The zero-order chi connectivity index (χ0) is 11.1. The van der Waals surface area contributed by atoms with E-state index in [0.717, 1.165) is 19.3 Å². The summed E-state index contributed by atoms with van der Waals surface area (Å²) in [5.41, 5.74) is 0. The lowest BCUT2D eigenvalue weighted by atomic mass is 9.99. The molecule has 0 aromatic carbocycles. The molecule has 2 heteroatoms. The van der Waals surface area contributed by atoms with Crippen molar-refractivity contribution >= 4 is 0 Å². The van der Waals surface area contributed by atoms with Gasteiger partial charge in [0.2, 0.25) is 0 Å². The lowest BCUT2D eigenvalue weighted by Crippen LogP contribution is -2.42. The third kappa shape index (κ3) is 3.80. The van der Waals surface area contributed by atoms with Crippen LogP contribution in [0.5, 0.6) is 0 Å². The van der Waals surface area contributed by atoms with Crippen LogP contribution in [0.3, 0.4) is 0 Å². The quantitative estimate of drug-likeness (QED) is 0.647. The van der Waals surface area contributed by atoms with Gasteiger partial charge >= 0.3 is 0 Å². The van der Waals surface area contributed by atoms with Crippen molar-refractivity contribution in [3.63, 3.8) is 0 Å². The number of rotatable bonds is 5. The molecule has 0 bridgehead atoms. The molecule has 15 heavy (non-hydrogen) atoms. The molecule has 0 saturated carbocycles. The Bertz CT molecular complexity index is 223. The molecule has 1 saturated heterocycles. The maximum absolute atomic E-state index is 5.96. The molecule has 1 heterocycles. The standard InChI is InChI=1S/C13H22O2/c1-4-6-9-13(14-11-5-2)10-7-8-12(3)15-13/h4-6,12H,2,7-11H2,1,3H3/b6-4+/t12-,13+/m1/s1. The highest BCUT2D eigenvalue weighted by Crippen LogP contribution is 2.33. The topological polar surface area (TPSA) is 18.5 Å². The maximum Gasteiger partial charge on any atom is 0.172 e. The maximum atomic E-state index is 5.96. The van der Waals surface area contributed by atoms with E-state index in [1.54, 1.807) is 6.08 Å². The Hall–Kier alpha value is -0.600. The number of allylic oxidation sites excluding steroid dienone is 1. The smallest absolute Gasteiger partial charge is 0.172 e. The fourth-order valence-electron chi connectivity index (χ4n) is 1.97. The molecule has 1 rings (SSSR count). The van der Waals surface area contributed by atoms with Gasteiger partial charge in [-0.1, -0.05) is 18.2 Å². The van der Waals surface area contributed by atoms with Crippen molar-refractivity contribution in [1.29, 1.82) is 0 Å². The average Bonchev–Trinajstić information content (AvgIpc) is 2.24. The van der Waals surface area contributed by atoms with E-state index in [0.29, 0.717) is 12.7 Å². The van der Waals surface area contributed by atoms with Crippen molar-refractivity contribution in [3.05, 3.63) is 24.8 Å². The summed E-state index contributed by atoms with van der Waals surface area (Å²) in [7, 11) is 0. The molecule has 2 nitrogen and oxygen atoms in total. The van der Waals surface area contributed by atoms with Crippen molar-refractivity contribution in [2.75, 3.05) is 6.61 Å². The number of hydrogen-bond acceptors (Lipinski definition) is 2. The van der Waals surface area contributed by atoms with Crippen molar-refractivity contribution in [2.45, 2.75) is 51.4 Å². The lowest BCUT2D eigenvalue weighted by molar-refractivity contribution is -0.270. The molecular formula is C13H22O2. The lowest BCUT2D eigenvalue weighted by Gasteiger charge is -2.39. The number of ether oxygens (including phenoxy) is 2. The van der Waals surface area contributed by atoms with E-state index >= 15 is 0 Å². The van der Waals surface area contributed by atoms with E-state index in [1.807, 2.05) is 13.0 Å². The van der Waals surface area contributed by atoms with Crippen molar-refractivity contribution in [2.24, 2.45) is 0 Å². The summed E-state index contributed by atoms with van der Waals surface area (Å²) in [6.07, 6.45) is 10.4. The molecule has 1 fully saturated rings. The molecule has 1 aliphatic rings. The summed E-state index contributed by atoms with van der Waals surface area (Å²) in [6.45, 7) is 8.37. The predicted molar refractivity (Wildman–Crippen MR) is 62.7 cm³/mol. The van der Waals surface area contributed by atoms with Gasteiger partial charge in [0.15, 0.2) is 5.79 Å². The molecule has 86 valence electrons. The fraction of sp³-hybridized carbons (Fsp3) is 0.692. The van der Waals surface area contributed by atoms with Crippen LogP contribution in [0.4, 0.5) is 0 Å². The van der Waals surface area contributed by atoms with Crippen molar-refractivity contribution in [3.8, 4) is 0 Å². The van der Waals surface area contributed by atoms with Crippen LogP contribution in [0.2, 0.25) is 0 Å². The van der Waals surface area contributed by atoms with Crippen LogP contribution < -0.4 is 0 Å². The molecular weight excluding hydrogens is 188 g/mol. The molecule has 1 aliphatic heterocycles. The Balaban J connectivity index is 2.60. The van der Waals surface area contributed by atoms with E-state index in [1.165, 1.54) is 6.42 Å². The van der Waals surface area contributed by atoms with E-state index in [-0.39, 0.29) is 0 Å². The monoisotopic (exact) mass is 210 g/mol. The highest BCUT2D eigenvalue weighted by atomic mass is 16.7. The molecule has 0 spiro atoms.